The number of aromatic amines is 1. The van der Waals surface area contributed by atoms with Gasteiger partial charge < -0.3 is 9.88 Å². The van der Waals surface area contributed by atoms with Gasteiger partial charge in [-0.3, -0.25) is 4.79 Å². The fraction of sp³-hybridized carbons (Fsp3) is 0.333. The van der Waals surface area contributed by atoms with Crippen LogP contribution in [0.2, 0.25) is 0 Å². The monoisotopic (exact) mass is 273 g/mol. The number of aryl methyl sites for hydroxylation is 1. The zero-order valence-corrected chi connectivity index (χ0v) is 11.1. The lowest BCUT2D eigenvalue weighted by Crippen LogP contribution is -2.36. The Morgan fingerprint density at radius 1 is 1.35 bits per heavy atom. The van der Waals surface area contributed by atoms with Gasteiger partial charge >= 0.3 is 0 Å². The van der Waals surface area contributed by atoms with Crippen LogP contribution in [0, 0.1) is 5.82 Å². The molecule has 0 saturated carbocycles. The molecule has 2 aromatic rings. The fourth-order valence-electron chi connectivity index (χ4n) is 2.49. The number of benzene rings is 1. The van der Waals surface area contributed by atoms with Gasteiger partial charge in [0.15, 0.2) is 0 Å². The summed E-state index contributed by atoms with van der Waals surface area (Å²) >= 11 is 0. The van der Waals surface area contributed by atoms with Crippen LogP contribution in [-0.2, 0) is 24.2 Å². The molecule has 0 atom stereocenters. The second-order valence-electron chi connectivity index (χ2n) is 5.02. The molecule has 0 aliphatic carbocycles. The van der Waals surface area contributed by atoms with Crippen LogP contribution in [-0.4, -0.2) is 27.3 Å². The summed E-state index contributed by atoms with van der Waals surface area (Å²) in [5.74, 6) is -0.113. The normalized spacial score (nSPS) is 14.2. The summed E-state index contributed by atoms with van der Waals surface area (Å²) in [5.41, 5.74) is 3.08. The number of carbonyl (C=O) groups excluding carboxylic acids is 1. The van der Waals surface area contributed by atoms with Crippen molar-refractivity contribution in [2.24, 2.45) is 0 Å². The van der Waals surface area contributed by atoms with Gasteiger partial charge in [0.25, 0.3) is 0 Å². The van der Waals surface area contributed by atoms with Gasteiger partial charge in [-0.1, -0.05) is 12.1 Å². The van der Waals surface area contributed by atoms with E-state index in [0.29, 0.717) is 19.4 Å². The summed E-state index contributed by atoms with van der Waals surface area (Å²) in [5, 5.41) is 0. The van der Waals surface area contributed by atoms with Crippen molar-refractivity contribution in [1.29, 1.82) is 0 Å². The van der Waals surface area contributed by atoms with Crippen LogP contribution in [0.4, 0.5) is 4.39 Å². The molecule has 0 fully saturated rings. The highest BCUT2D eigenvalue weighted by Crippen LogP contribution is 2.16. The number of hydrogen-bond acceptors (Lipinski definition) is 2. The van der Waals surface area contributed by atoms with Gasteiger partial charge in [0.05, 0.1) is 24.3 Å². The standard InChI is InChI=1S/C15H16FN3O/c16-12-4-1-11(2-5-12)3-6-15(20)19-8-7-13-14(9-19)18-10-17-13/h1-2,4-5,10H,3,6-9H2,(H,17,18). The minimum atomic E-state index is -0.247. The summed E-state index contributed by atoms with van der Waals surface area (Å²) < 4.78 is 12.8. The molecule has 0 spiro atoms. The molecular formula is C15H16FN3O. The summed E-state index contributed by atoms with van der Waals surface area (Å²) in [7, 11) is 0. The highest BCUT2D eigenvalue weighted by molar-refractivity contribution is 5.76. The minimum Gasteiger partial charge on any atom is -0.347 e. The number of H-pyrrole nitrogens is 1. The van der Waals surface area contributed by atoms with E-state index in [1.807, 2.05) is 4.90 Å². The number of amides is 1. The van der Waals surface area contributed by atoms with Crippen molar-refractivity contribution in [3.63, 3.8) is 0 Å². The quantitative estimate of drug-likeness (QED) is 0.930. The van der Waals surface area contributed by atoms with Crippen LogP contribution >= 0.6 is 0 Å². The summed E-state index contributed by atoms with van der Waals surface area (Å²) in [6, 6.07) is 6.31. The van der Waals surface area contributed by atoms with Gasteiger partial charge in [-0.15, -0.1) is 0 Å². The first-order chi connectivity index (χ1) is 9.72. The van der Waals surface area contributed by atoms with Crippen LogP contribution < -0.4 is 0 Å². The third-order valence-corrected chi connectivity index (χ3v) is 3.67. The van der Waals surface area contributed by atoms with E-state index >= 15 is 0 Å². The maximum Gasteiger partial charge on any atom is 0.223 e. The Labute approximate surface area is 116 Å². The van der Waals surface area contributed by atoms with Crippen LogP contribution in [0.15, 0.2) is 30.6 Å². The van der Waals surface area contributed by atoms with Gasteiger partial charge in [0, 0.05) is 19.4 Å². The molecule has 1 amide bonds. The summed E-state index contributed by atoms with van der Waals surface area (Å²) in [6.07, 6.45) is 3.58. The van der Waals surface area contributed by atoms with Crippen LogP contribution in [0.25, 0.3) is 0 Å². The van der Waals surface area contributed by atoms with E-state index in [2.05, 4.69) is 9.97 Å². The van der Waals surface area contributed by atoms with E-state index in [4.69, 9.17) is 0 Å². The minimum absolute atomic E-state index is 0.134. The molecule has 1 aliphatic rings. The van der Waals surface area contributed by atoms with E-state index < -0.39 is 0 Å². The van der Waals surface area contributed by atoms with Crippen LogP contribution in [0.5, 0.6) is 0 Å². The van der Waals surface area contributed by atoms with Gasteiger partial charge in [-0.25, -0.2) is 9.37 Å². The number of aromatic nitrogens is 2. The molecule has 4 nitrogen and oxygen atoms in total. The third-order valence-electron chi connectivity index (χ3n) is 3.67. The number of imidazole rings is 1. The lowest BCUT2D eigenvalue weighted by molar-refractivity contribution is -0.132. The van der Waals surface area contributed by atoms with Gasteiger partial charge in [-0.05, 0) is 24.1 Å². The number of hydrogen-bond donors (Lipinski definition) is 1. The van der Waals surface area contributed by atoms with E-state index in [9.17, 15) is 9.18 Å². The number of nitrogens with zero attached hydrogens (tertiary/aromatic N) is 2. The van der Waals surface area contributed by atoms with Crippen LogP contribution in [0.3, 0.4) is 0 Å². The number of nitrogens with one attached hydrogen (secondary N) is 1. The third kappa shape index (κ3) is 2.71. The molecule has 5 heteroatoms. The molecule has 1 aromatic heterocycles. The SMILES string of the molecule is O=C(CCc1ccc(F)cc1)N1CCc2nc[nH]c2C1. The highest BCUT2D eigenvalue weighted by atomic mass is 19.1. The predicted octanol–water partition coefficient (Wildman–Crippen LogP) is 2.07. The van der Waals surface area contributed by atoms with Crippen molar-refractivity contribution >= 4 is 5.91 Å². The maximum atomic E-state index is 12.8. The van der Waals surface area contributed by atoms with Crippen molar-refractivity contribution in [1.82, 2.24) is 14.9 Å². The summed E-state index contributed by atoms with van der Waals surface area (Å²) in [4.78, 5) is 21.3. The largest absolute Gasteiger partial charge is 0.347 e. The van der Waals surface area contributed by atoms with Crippen molar-refractivity contribution in [2.75, 3.05) is 6.54 Å². The van der Waals surface area contributed by atoms with E-state index in [0.717, 1.165) is 29.9 Å². The smallest absolute Gasteiger partial charge is 0.223 e. The predicted molar refractivity (Wildman–Crippen MR) is 72.4 cm³/mol. The molecule has 1 N–H and O–H groups in total. The molecule has 2 heterocycles. The first-order valence-electron chi connectivity index (χ1n) is 6.76. The molecule has 1 aromatic carbocycles. The number of rotatable bonds is 3. The Balaban J connectivity index is 1.56. The second-order valence-corrected chi connectivity index (χ2v) is 5.02. The number of fused-ring (bicyclic) bond motifs is 1. The second kappa shape index (κ2) is 5.45. The van der Waals surface area contributed by atoms with E-state index in [1.54, 1.807) is 18.5 Å². The van der Waals surface area contributed by atoms with Gasteiger partial charge in [0.2, 0.25) is 5.91 Å². The zero-order chi connectivity index (χ0) is 13.9. The van der Waals surface area contributed by atoms with Gasteiger partial charge in [-0.2, -0.15) is 0 Å². The molecular weight excluding hydrogens is 257 g/mol. The van der Waals surface area contributed by atoms with Crippen molar-refractivity contribution in [3.8, 4) is 0 Å². The lowest BCUT2D eigenvalue weighted by Gasteiger charge is -2.26. The van der Waals surface area contributed by atoms with E-state index in [-0.39, 0.29) is 11.7 Å². The molecule has 1 aliphatic heterocycles. The van der Waals surface area contributed by atoms with E-state index in [1.165, 1.54) is 12.1 Å². The average molecular weight is 273 g/mol. The summed E-state index contributed by atoms with van der Waals surface area (Å²) in [6.45, 7) is 1.33. The molecule has 0 radical (unpaired) electrons. The molecule has 3 rings (SSSR count). The Bertz CT molecular complexity index is 606. The Morgan fingerprint density at radius 2 is 2.15 bits per heavy atom. The molecule has 0 bridgehead atoms. The Kier molecular flexibility index (Phi) is 3.50. The van der Waals surface area contributed by atoms with Crippen LogP contribution in [0.1, 0.15) is 23.4 Å². The fourth-order valence-corrected chi connectivity index (χ4v) is 2.49. The van der Waals surface area contributed by atoms with Crippen molar-refractivity contribution in [2.45, 2.75) is 25.8 Å². The number of halogens is 1. The van der Waals surface area contributed by atoms with Crippen molar-refractivity contribution in [3.05, 3.63) is 53.4 Å². The first kappa shape index (κ1) is 12.8. The Morgan fingerprint density at radius 3 is 2.95 bits per heavy atom. The molecule has 0 unspecified atom stereocenters. The first-order valence-corrected chi connectivity index (χ1v) is 6.76. The topological polar surface area (TPSA) is 49.0 Å². The zero-order valence-electron chi connectivity index (χ0n) is 11.1. The molecule has 20 heavy (non-hydrogen) atoms. The number of carbonyl (C=O) groups is 1. The van der Waals surface area contributed by atoms with Crippen molar-refractivity contribution < 1.29 is 9.18 Å². The average Bonchev–Trinajstić information content (AvgIpc) is 2.93. The maximum absolute atomic E-state index is 12.8. The lowest BCUT2D eigenvalue weighted by atomic mass is 10.1. The Hall–Kier alpha value is -2.17. The van der Waals surface area contributed by atoms with Gasteiger partial charge in [0.1, 0.15) is 5.82 Å². The highest BCUT2D eigenvalue weighted by Gasteiger charge is 2.21. The molecule has 104 valence electrons. The molecule has 0 saturated heterocycles.